The molecule has 0 saturated heterocycles. The highest BCUT2D eigenvalue weighted by atomic mass is 33.1. The van der Waals surface area contributed by atoms with Crippen molar-refractivity contribution < 1.29 is 24.2 Å². The van der Waals surface area contributed by atoms with Crippen LogP contribution in [0.5, 0.6) is 0 Å². The van der Waals surface area contributed by atoms with Crippen LogP contribution in [0.4, 0.5) is 0 Å². The van der Waals surface area contributed by atoms with Crippen LogP contribution in [-0.2, 0) is 25.7 Å². The topological polar surface area (TPSA) is 96.8 Å². The summed E-state index contributed by atoms with van der Waals surface area (Å²) in [7, 11) is 3.13. The fourth-order valence-corrected chi connectivity index (χ4v) is 11.6. The summed E-state index contributed by atoms with van der Waals surface area (Å²) in [4.78, 5) is 43.0. The SMILES string of the molecule is CC(CC(=O)OC1CCC2(C)C(=CCC3C4CC=C(c5cccnc5)C4(C)CC[C@@H]32)C1)SSCCC(=O)N(CC(=O)O)Cc1ccccc1. The highest BCUT2D eigenvalue weighted by molar-refractivity contribution is 8.76. The monoisotopic (exact) mass is 702 g/mol. The largest absolute Gasteiger partial charge is 0.480 e. The first kappa shape index (κ1) is 35.8. The molecule has 2 aromatic rings. The maximum atomic E-state index is 13.0. The fraction of sp³-hybridized carbons (Fsp3) is 0.550. The molecule has 9 heteroatoms. The third kappa shape index (κ3) is 7.98. The molecule has 6 unspecified atom stereocenters. The minimum absolute atomic E-state index is 0.0451. The first-order valence-electron chi connectivity index (χ1n) is 17.9. The number of aliphatic carboxylic acids is 1. The van der Waals surface area contributed by atoms with E-state index in [-0.39, 0.29) is 53.6 Å². The van der Waals surface area contributed by atoms with Crippen LogP contribution in [0, 0.1) is 28.6 Å². The van der Waals surface area contributed by atoms with Gasteiger partial charge in [0.1, 0.15) is 12.6 Å². The van der Waals surface area contributed by atoms with Gasteiger partial charge >= 0.3 is 11.9 Å². The van der Waals surface area contributed by atoms with Crippen LogP contribution < -0.4 is 0 Å². The molecule has 0 radical (unpaired) electrons. The lowest BCUT2D eigenvalue weighted by Crippen LogP contribution is -2.50. The fourth-order valence-electron chi connectivity index (χ4n) is 9.42. The molecule has 0 bridgehead atoms. The number of allylic oxidation sites excluding steroid dienone is 3. The number of carbonyl (C=O) groups excluding carboxylic acids is 2. The lowest BCUT2D eigenvalue weighted by molar-refractivity contribution is -0.151. The maximum Gasteiger partial charge on any atom is 0.323 e. The molecule has 2 saturated carbocycles. The van der Waals surface area contributed by atoms with Crippen LogP contribution in [0.1, 0.15) is 89.7 Å². The molecule has 0 spiro atoms. The average Bonchev–Trinajstić information content (AvgIpc) is 3.44. The minimum atomic E-state index is -1.02. The Bertz CT molecular complexity index is 1560. The van der Waals surface area contributed by atoms with E-state index in [4.69, 9.17) is 4.74 Å². The first-order valence-corrected chi connectivity index (χ1v) is 20.3. The Labute approximate surface area is 299 Å². The number of benzene rings is 1. The molecule has 0 aliphatic heterocycles. The maximum absolute atomic E-state index is 13.0. The number of fused-ring (bicyclic) bond motifs is 5. The second kappa shape index (κ2) is 15.5. The lowest BCUT2D eigenvalue weighted by atomic mass is 9.47. The molecule has 262 valence electrons. The molecule has 1 heterocycles. The van der Waals surface area contributed by atoms with Gasteiger partial charge in [0.05, 0.1) is 6.42 Å². The summed E-state index contributed by atoms with van der Waals surface area (Å²) < 4.78 is 6.08. The van der Waals surface area contributed by atoms with E-state index in [0.29, 0.717) is 29.9 Å². The molecule has 4 aliphatic rings. The molecule has 6 rings (SSSR count). The number of hydrogen-bond acceptors (Lipinski definition) is 7. The molecule has 1 amide bonds. The van der Waals surface area contributed by atoms with Crippen molar-refractivity contribution in [3.05, 3.63) is 83.7 Å². The number of rotatable bonds is 13. The third-order valence-corrected chi connectivity index (χ3v) is 14.8. The average molecular weight is 703 g/mol. The van der Waals surface area contributed by atoms with Crippen molar-refractivity contribution >= 4 is 45.0 Å². The summed E-state index contributed by atoms with van der Waals surface area (Å²) in [5, 5.41) is 9.34. The van der Waals surface area contributed by atoms with Gasteiger partial charge in [0, 0.05) is 42.8 Å². The van der Waals surface area contributed by atoms with Crippen LogP contribution in [0.3, 0.4) is 0 Å². The van der Waals surface area contributed by atoms with E-state index in [1.165, 1.54) is 34.5 Å². The summed E-state index contributed by atoms with van der Waals surface area (Å²) in [5.74, 6) is 1.22. The Morgan fingerprint density at radius 2 is 1.82 bits per heavy atom. The Balaban J connectivity index is 0.950. The van der Waals surface area contributed by atoms with Crippen molar-refractivity contribution in [2.45, 2.75) is 96.5 Å². The number of ether oxygens (including phenoxy) is 1. The van der Waals surface area contributed by atoms with Crippen LogP contribution in [0.25, 0.3) is 5.57 Å². The third-order valence-electron chi connectivity index (χ3n) is 11.9. The molecule has 7 atom stereocenters. The van der Waals surface area contributed by atoms with Gasteiger partial charge in [-0.3, -0.25) is 19.4 Å². The number of carbonyl (C=O) groups is 3. The molecular formula is C40H50N2O5S2. The summed E-state index contributed by atoms with van der Waals surface area (Å²) >= 11 is 0. The lowest BCUT2D eigenvalue weighted by Gasteiger charge is -2.57. The standard InChI is InChI=1S/C40H50N2O5S2/c1-27(49-48-21-17-36(43)42(26-37(44)45)25-28-8-5-4-6-9-28)22-38(46)47-31-15-18-39(2)30(23-31)11-12-32-34-14-13-33(29-10-7-20-41-24-29)40(34,3)19-16-35(32)39/h4-11,13,20,24,27,31-32,34-35H,12,14-19,21-23,25-26H2,1-3H3,(H,44,45)/t27?,31?,32?,34?,35-,39?,40?/m0/s1. The number of pyridine rings is 1. The van der Waals surface area contributed by atoms with Crippen molar-refractivity contribution in [1.82, 2.24) is 9.88 Å². The van der Waals surface area contributed by atoms with Crippen LogP contribution in [-0.4, -0.2) is 56.5 Å². The first-order chi connectivity index (χ1) is 23.6. The number of hydrogen-bond donors (Lipinski definition) is 1. The van der Waals surface area contributed by atoms with Crippen LogP contribution >= 0.6 is 21.6 Å². The molecule has 49 heavy (non-hydrogen) atoms. The van der Waals surface area contributed by atoms with E-state index in [2.05, 4.69) is 43.1 Å². The molecule has 7 nitrogen and oxygen atoms in total. The van der Waals surface area contributed by atoms with Gasteiger partial charge in [-0.05, 0) is 89.9 Å². The van der Waals surface area contributed by atoms with Crippen molar-refractivity contribution in [2.24, 2.45) is 28.6 Å². The summed E-state index contributed by atoms with van der Waals surface area (Å²) in [6.07, 6.45) is 17.0. The van der Waals surface area contributed by atoms with Gasteiger partial charge in [-0.1, -0.05) is 96.5 Å². The Kier molecular flexibility index (Phi) is 11.3. The number of carboxylic acid groups (broad SMARTS) is 1. The molecule has 1 N–H and O–H groups in total. The number of aromatic nitrogens is 1. The minimum Gasteiger partial charge on any atom is -0.480 e. The summed E-state index contributed by atoms with van der Waals surface area (Å²) in [6, 6.07) is 13.7. The Morgan fingerprint density at radius 1 is 1.02 bits per heavy atom. The van der Waals surface area contributed by atoms with Gasteiger partial charge in [0.2, 0.25) is 5.91 Å². The van der Waals surface area contributed by atoms with E-state index < -0.39 is 5.97 Å². The molecule has 1 aromatic carbocycles. The normalized spacial score (nSPS) is 29.4. The van der Waals surface area contributed by atoms with Crippen LogP contribution in [0.15, 0.2) is 72.6 Å². The van der Waals surface area contributed by atoms with Gasteiger partial charge in [-0.2, -0.15) is 0 Å². The van der Waals surface area contributed by atoms with Crippen molar-refractivity contribution in [3.63, 3.8) is 0 Å². The van der Waals surface area contributed by atoms with Gasteiger partial charge in [0.15, 0.2) is 0 Å². The van der Waals surface area contributed by atoms with E-state index in [1.54, 1.807) is 21.6 Å². The number of esters is 1. The van der Waals surface area contributed by atoms with Crippen LogP contribution in [0.2, 0.25) is 0 Å². The van der Waals surface area contributed by atoms with Gasteiger partial charge in [0.25, 0.3) is 0 Å². The molecule has 1 aromatic heterocycles. The van der Waals surface area contributed by atoms with E-state index in [0.717, 1.165) is 37.7 Å². The highest BCUT2D eigenvalue weighted by Crippen LogP contribution is 2.66. The smallest absolute Gasteiger partial charge is 0.323 e. The highest BCUT2D eigenvalue weighted by Gasteiger charge is 2.57. The molecule has 2 fully saturated rings. The van der Waals surface area contributed by atoms with Gasteiger partial charge in [-0.15, -0.1) is 0 Å². The second-order valence-corrected chi connectivity index (χ2v) is 17.9. The summed E-state index contributed by atoms with van der Waals surface area (Å²) in [6.45, 7) is 6.96. The predicted octanol–water partition coefficient (Wildman–Crippen LogP) is 8.61. The van der Waals surface area contributed by atoms with Crippen molar-refractivity contribution in [3.8, 4) is 0 Å². The van der Waals surface area contributed by atoms with E-state index in [9.17, 15) is 19.5 Å². The molecule has 4 aliphatic carbocycles. The zero-order valence-corrected chi connectivity index (χ0v) is 30.6. The van der Waals surface area contributed by atoms with Gasteiger partial charge < -0.3 is 14.7 Å². The Hall–Kier alpha value is -3.04. The zero-order chi connectivity index (χ0) is 34.6. The quantitative estimate of drug-likeness (QED) is 0.0960. The Morgan fingerprint density at radius 3 is 2.57 bits per heavy atom. The predicted molar refractivity (Wildman–Crippen MR) is 197 cm³/mol. The van der Waals surface area contributed by atoms with Crippen molar-refractivity contribution in [2.75, 3.05) is 12.3 Å². The second-order valence-electron chi connectivity index (χ2n) is 15.0. The van der Waals surface area contributed by atoms with E-state index >= 15 is 0 Å². The van der Waals surface area contributed by atoms with Gasteiger partial charge in [-0.25, -0.2) is 0 Å². The molecular weight excluding hydrogens is 653 g/mol. The summed E-state index contributed by atoms with van der Waals surface area (Å²) in [5.41, 5.74) is 5.59. The number of amides is 1. The van der Waals surface area contributed by atoms with E-state index in [1.807, 2.05) is 49.6 Å². The van der Waals surface area contributed by atoms with Crippen molar-refractivity contribution in [1.29, 1.82) is 0 Å². The number of nitrogens with zero attached hydrogens (tertiary/aromatic N) is 2. The number of carboxylic acids is 1. The zero-order valence-electron chi connectivity index (χ0n) is 29.0.